The van der Waals surface area contributed by atoms with Crippen LogP contribution in [-0.2, 0) is 14.9 Å². The Morgan fingerprint density at radius 1 is 1.30 bits per heavy atom. The number of carbonyl (C=O) groups excluding carboxylic acids is 2. The Bertz CT molecular complexity index is 473. The minimum atomic E-state index is -0.896. The molecule has 0 fully saturated rings. The second-order valence-electron chi connectivity index (χ2n) is 4.92. The number of nitrogens with two attached hydrogens (primary N) is 1. The number of carbonyl (C=O) groups is 2. The first kappa shape index (κ1) is 16.7. The van der Waals surface area contributed by atoms with Crippen molar-refractivity contribution in [3.8, 4) is 0 Å². The van der Waals surface area contributed by atoms with Gasteiger partial charge in [-0.05, 0) is 18.9 Å². The van der Waals surface area contributed by atoms with Crippen LogP contribution in [0.2, 0.25) is 0 Å². The number of halogens is 1. The summed E-state index contributed by atoms with van der Waals surface area (Å²) >= 11 is 5.57. The van der Waals surface area contributed by atoms with Gasteiger partial charge in [0.1, 0.15) is 0 Å². The maximum Gasteiger partial charge on any atom is 0.230 e. The third-order valence-corrected chi connectivity index (χ3v) is 3.63. The maximum atomic E-state index is 11.8. The molecule has 1 aromatic rings. The normalized spacial score (nSPS) is 13.8. The minimum absolute atomic E-state index is 0.0460. The van der Waals surface area contributed by atoms with Crippen LogP contribution in [0, 0.1) is 0 Å². The van der Waals surface area contributed by atoms with Crippen LogP contribution in [0.15, 0.2) is 24.3 Å². The lowest BCUT2D eigenvalue weighted by molar-refractivity contribution is -0.124. The van der Waals surface area contributed by atoms with E-state index in [0.717, 1.165) is 5.56 Å². The second kappa shape index (κ2) is 7.41. The first-order valence-electron chi connectivity index (χ1n) is 6.44. The van der Waals surface area contributed by atoms with E-state index in [0.29, 0.717) is 24.3 Å². The van der Waals surface area contributed by atoms with Crippen LogP contribution in [0.5, 0.6) is 0 Å². The summed E-state index contributed by atoms with van der Waals surface area (Å²) in [6.07, 6.45) is 1.08. The molecule has 0 heterocycles. The monoisotopic (exact) mass is 297 g/mol. The summed E-state index contributed by atoms with van der Waals surface area (Å²) in [5, 5.41) is 0. The number of ether oxygens (including phenoxy) is 1. The Balaban J connectivity index is 2.94. The van der Waals surface area contributed by atoms with E-state index in [1.807, 2.05) is 0 Å². The number of alkyl halides is 1. The third-order valence-electron chi connectivity index (χ3n) is 3.36. The zero-order valence-corrected chi connectivity index (χ0v) is 12.6. The molecule has 1 atom stereocenters. The fourth-order valence-electron chi connectivity index (χ4n) is 1.98. The number of hydrogen-bond acceptors (Lipinski definition) is 3. The fourth-order valence-corrected chi connectivity index (χ4v) is 2.11. The van der Waals surface area contributed by atoms with E-state index in [1.54, 1.807) is 31.2 Å². The lowest BCUT2D eigenvalue weighted by atomic mass is 9.82. The second-order valence-corrected chi connectivity index (χ2v) is 5.30. The predicted molar refractivity (Wildman–Crippen MR) is 79.1 cm³/mol. The number of primary amides is 1. The highest BCUT2D eigenvalue weighted by Crippen LogP contribution is 2.24. The number of Topliss-reactive ketones (excluding diaryl/α,β-unsaturated/α-hetero) is 1. The van der Waals surface area contributed by atoms with Crippen LogP contribution in [0.1, 0.15) is 35.7 Å². The average molecular weight is 298 g/mol. The van der Waals surface area contributed by atoms with Crippen LogP contribution >= 0.6 is 11.6 Å². The number of ketones is 1. The van der Waals surface area contributed by atoms with E-state index in [2.05, 4.69) is 0 Å². The van der Waals surface area contributed by atoms with E-state index in [-0.39, 0.29) is 12.4 Å². The molecule has 1 unspecified atom stereocenters. The fraction of sp³-hybridized carbons (Fsp3) is 0.467. The molecular weight excluding hydrogens is 278 g/mol. The van der Waals surface area contributed by atoms with Gasteiger partial charge in [-0.1, -0.05) is 24.3 Å². The summed E-state index contributed by atoms with van der Waals surface area (Å²) in [6, 6.07) is 6.92. The van der Waals surface area contributed by atoms with E-state index < -0.39 is 11.3 Å². The Morgan fingerprint density at radius 3 is 2.35 bits per heavy atom. The van der Waals surface area contributed by atoms with Gasteiger partial charge in [-0.15, -0.1) is 11.6 Å². The molecule has 1 aromatic carbocycles. The quantitative estimate of drug-likeness (QED) is 0.591. The molecule has 0 spiro atoms. The summed E-state index contributed by atoms with van der Waals surface area (Å²) in [4.78, 5) is 23.5. The van der Waals surface area contributed by atoms with Crippen molar-refractivity contribution in [3.05, 3.63) is 35.4 Å². The Labute approximate surface area is 124 Å². The van der Waals surface area contributed by atoms with Gasteiger partial charge >= 0.3 is 0 Å². The van der Waals surface area contributed by atoms with Crippen molar-refractivity contribution in [2.24, 2.45) is 5.73 Å². The highest BCUT2D eigenvalue weighted by molar-refractivity contribution is 6.18. The smallest absolute Gasteiger partial charge is 0.230 e. The van der Waals surface area contributed by atoms with Crippen molar-refractivity contribution >= 4 is 23.3 Å². The van der Waals surface area contributed by atoms with Crippen molar-refractivity contribution in [1.29, 1.82) is 0 Å². The van der Waals surface area contributed by atoms with Crippen molar-refractivity contribution < 1.29 is 14.3 Å². The molecule has 4 nitrogen and oxygen atoms in total. The lowest BCUT2D eigenvalue weighted by Crippen LogP contribution is -2.42. The number of amides is 1. The van der Waals surface area contributed by atoms with Gasteiger partial charge in [0.05, 0.1) is 12.0 Å². The van der Waals surface area contributed by atoms with Gasteiger partial charge in [0.15, 0.2) is 5.78 Å². The number of rotatable bonds is 8. The highest BCUT2D eigenvalue weighted by atomic mass is 35.5. The van der Waals surface area contributed by atoms with Crippen molar-refractivity contribution in [1.82, 2.24) is 0 Å². The molecule has 0 aliphatic carbocycles. The van der Waals surface area contributed by atoms with Gasteiger partial charge in [-0.25, -0.2) is 0 Å². The molecule has 0 saturated heterocycles. The van der Waals surface area contributed by atoms with Crippen molar-refractivity contribution in [3.63, 3.8) is 0 Å². The van der Waals surface area contributed by atoms with E-state index in [4.69, 9.17) is 22.1 Å². The van der Waals surface area contributed by atoms with Crippen LogP contribution in [0.4, 0.5) is 0 Å². The first-order chi connectivity index (χ1) is 9.45. The predicted octanol–water partition coefficient (Wildman–Crippen LogP) is 2.28. The Morgan fingerprint density at radius 2 is 1.90 bits per heavy atom. The van der Waals surface area contributed by atoms with Gasteiger partial charge in [0.2, 0.25) is 5.91 Å². The van der Waals surface area contributed by atoms with Crippen LogP contribution in [0.3, 0.4) is 0 Å². The van der Waals surface area contributed by atoms with Gasteiger partial charge in [-0.2, -0.15) is 0 Å². The zero-order chi connectivity index (χ0) is 15.2. The summed E-state index contributed by atoms with van der Waals surface area (Å²) in [5.74, 6) is 0.0579. The third kappa shape index (κ3) is 3.81. The van der Waals surface area contributed by atoms with Gasteiger partial charge in [0, 0.05) is 25.0 Å². The molecule has 0 bridgehead atoms. The van der Waals surface area contributed by atoms with Crippen LogP contribution < -0.4 is 5.73 Å². The van der Waals surface area contributed by atoms with Crippen LogP contribution in [0.25, 0.3) is 0 Å². The summed E-state index contributed by atoms with van der Waals surface area (Å²) < 4.78 is 5.07. The molecule has 110 valence electrons. The summed E-state index contributed by atoms with van der Waals surface area (Å²) in [7, 11) is 1.52. The molecule has 0 aliphatic rings. The van der Waals surface area contributed by atoms with Gasteiger partial charge < -0.3 is 10.5 Å². The van der Waals surface area contributed by atoms with Crippen molar-refractivity contribution in [2.75, 3.05) is 19.6 Å². The Hall–Kier alpha value is -1.39. The molecule has 0 saturated carbocycles. The topological polar surface area (TPSA) is 69.4 Å². The van der Waals surface area contributed by atoms with Gasteiger partial charge in [0.25, 0.3) is 0 Å². The number of benzene rings is 1. The number of methoxy groups -OCH3 is 1. The summed E-state index contributed by atoms with van der Waals surface area (Å²) in [5.41, 5.74) is 5.91. The molecule has 1 amide bonds. The molecule has 0 radical (unpaired) electrons. The first-order valence-corrected chi connectivity index (χ1v) is 6.97. The standard InChI is InChI=1S/C15H20ClNO3/c1-15(10-20-2,14(17)19)12-7-5-11(6-8-12)13(18)4-3-9-16/h5-8H,3-4,9-10H2,1-2H3,(H2,17,19). The molecule has 0 aliphatic heterocycles. The molecule has 0 aromatic heterocycles. The van der Waals surface area contributed by atoms with Gasteiger partial charge in [-0.3, -0.25) is 9.59 Å². The minimum Gasteiger partial charge on any atom is -0.383 e. The van der Waals surface area contributed by atoms with E-state index in [9.17, 15) is 9.59 Å². The average Bonchev–Trinajstić information content (AvgIpc) is 2.44. The molecule has 1 rings (SSSR count). The molecule has 2 N–H and O–H groups in total. The molecule has 5 heteroatoms. The maximum absolute atomic E-state index is 11.8. The molecular formula is C15H20ClNO3. The SMILES string of the molecule is COCC(C)(C(N)=O)c1ccc(C(=O)CCCCl)cc1. The largest absolute Gasteiger partial charge is 0.383 e. The van der Waals surface area contributed by atoms with Crippen molar-refractivity contribution in [2.45, 2.75) is 25.2 Å². The summed E-state index contributed by atoms with van der Waals surface area (Å²) in [6.45, 7) is 1.92. The zero-order valence-electron chi connectivity index (χ0n) is 11.8. The Kier molecular flexibility index (Phi) is 6.17. The molecule has 20 heavy (non-hydrogen) atoms. The van der Waals surface area contributed by atoms with Crippen LogP contribution in [-0.4, -0.2) is 31.3 Å². The number of hydrogen-bond donors (Lipinski definition) is 1. The van der Waals surface area contributed by atoms with E-state index in [1.165, 1.54) is 7.11 Å². The van der Waals surface area contributed by atoms with E-state index >= 15 is 0 Å². The lowest BCUT2D eigenvalue weighted by Gasteiger charge is -2.25. The highest BCUT2D eigenvalue weighted by Gasteiger charge is 2.33.